The molecule has 114 heavy (non-hydrogen) atoms. The Hall–Kier alpha value is -3.05. The lowest BCUT2D eigenvalue weighted by atomic mass is 9.33. The van der Waals surface area contributed by atoms with Crippen LogP contribution in [0.2, 0.25) is 0 Å². The van der Waals surface area contributed by atoms with Gasteiger partial charge in [0.05, 0.1) is 62.9 Å². The number of aliphatic hydroxyl groups excluding tert-OH is 20. The van der Waals surface area contributed by atoms with Crippen molar-refractivity contribution in [1.82, 2.24) is 0 Å². The van der Waals surface area contributed by atoms with Crippen LogP contribution in [-0.2, 0) is 90.2 Å². The molecule has 652 valence electrons. The molecule has 21 N–H and O–H groups in total. The maximum Gasteiger partial charge on any atom is 0.335 e. The molecule has 8 aliphatic heterocycles. The van der Waals surface area contributed by atoms with E-state index in [4.69, 9.17) is 75.8 Å². The van der Waals surface area contributed by atoms with Gasteiger partial charge in [-0.2, -0.15) is 0 Å². The van der Waals surface area contributed by atoms with Crippen LogP contribution >= 0.6 is 0 Å². The van der Waals surface area contributed by atoms with Crippen molar-refractivity contribution in [2.45, 2.75) is 347 Å². The molecule has 0 bridgehead atoms. The molecule has 0 aromatic heterocycles. The molecule has 13 rings (SSSR count). The second-order valence-electron chi connectivity index (χ2n) is 35.5. The van der Waals surface area contributed by atoms with Gasteiger partial charge >= 0.3 is 11.9 Å². The summed E-state index contributed by atoms with van der Waals surface area (Å²) in [6.07, 6.45) is -61.8. The number of hydrogen-bond donors (Lipinski definition) is 21. The smallest absolute Gasteiger partial charge is 0.335 e. The molecule has 0 spiro atoms. The predicted molar refractivity (Wildman–Crippen MR) is 369 cm³/mol. The monoisotopic (exact) mass is 1640 g/mol. The molecule has 40 nitrogen and oxygen atoms in total. The fourth-order valence-electron chi connectivity index (χ4n) is 21.2. The summed E-state index contributed by atoms with van der Waals surface area (Å²) in [7, 11) is 0. The Labute approximate surface area is 655 Å². The number of aldehydes is 1. The quantitative estimate of drug-likeness (QED) is 0.0247. The summed E-state index contributed by atoms with van der Waals surface area (Å²) >= 11 is 0. The third-order valence-corrected chi connectivity index (χ3v) is 28.2. The Bertz CT molecular complexity index is 3360. The number of esters is 1. The number of hydrogen-bond acceptors (Lipinski definition) is 39. The van der Waals surface area contributed by atoms with Gasteiger partial charge in [0.15, 0.2) is 56.2 Å². The molecule has 0 unspecified atom stereocenters. The number of aliphatic carboxylic acids is 1. The Balaban J connectivity index is 0.705. The highest BCUT2D eigenvalue weighted by molar-refractivity contribution is 5.80. The van der Waals surface area contributed by atoms with Crippen LogP contribution in [0, 0.1) is 50.2 Å². The fourth-order valence-corrected chi connectivity index (χ4v) is 21.2. The normalized spacial score (nSPS) is 55.1. The first-order valence-corrected chi connectivity index (χ1v) is 39.3. The van der Waals surface area contributed by atoms with Crippen molar-refractivity contribution in [3.8, 4) is 0 Å². The summed E-state index contributed by atoms with van der Waals surface area (Å²) in [6, 6.07) is 0. The lowest BCUT2D eigenvalue weighted by Crippen LogP contribution is -2.69. The van der Waals surface area contributed by atoms with Gasteiger partial charge < -0.3 is 188 Å². The maximum absolute atomic E-state index is 15.8. The van der Waals surface area contributed by atoms with Crippen LogP contribution in [0.5, 0.6) is 0 Å². The molecule has 8 heterocycles. The van der Waals surface area contributed by atoms with Crippen molar-refractivity contribution >= 4 is 18.2 Å². The first-order valence-electron chi connectivity index (χ1n) is 39.3. The van der Waals surface area contributed by atoms with E-state index in [1.54, 1.807) is 6.92 Å². The summed E-state index contributed by atoms with van der Waals surface area (Å²) < 4.78 is 94.8. The Morgan fingerprint density at radius 3 is 1.64 bits per heavy atom. The summed E-state index contributed by atoms with van der Waals surface area (Å²) in [5, 5.41) is 232. The lowest BCUT2D eigenvalue weighted by molar-refractivity contribution is -0.391. The van der Waals surface area contributed by atoms with Crippen LogP contribution in [0.4, 0.5) is 0 Å². The standard InChI is InChI=1S/C74H116O40/c1-25-38(81)44(87)57(111-64-50(93)45(88)53(26(2)104-64)108-63-52(95)54(31(79)22-101-63)105-33-23-102-62(48(91)42(33)85)113-61-47(90)40(83)30(78)21-100-61)66(103-25)114-68(98)74-16-15-69(3,4)17-28(74)27-9-10-35-70(5)13-12-37(71(6,24-76)34(70)11-14-72(35,7)73(27,8)18-36(74)80)107-67-58(112-65-49(92)43(86)41(84)32(19-75)106-65)55(51(94)56(110-67)59(96)97)109-60-46(89)39(82)29(77)20-99-60/h9,24-26,28-58,60-67,75,77-95H,10-23H2,1-8H3,(H,96,97)/t25-,26+,28+,29-,30+,31-,32-,33-,34-,35-,36-,37+,38+,39+,40+,41+,42+,43+,44+,45+,46-,47-,48-,49-,50-,51+,52-,53+,54+,55+,56+,57-,58-,60+,61+,62-,63+,64+,65+,66+,67-,70+,71+,72-,73-,74-/m1/s1. The van der Waals surface area contributed by atoms with Crippen molar-refractivity contribution in [3.05, 3.63) is 11.6 Å². The van der Waals surface area contributed by atoms with Gasteiger partial charge in [-0.1, -0.05) is 53.2 Å². The summed E-state index contributed by atoms with van der Waals surface area (Å²) in [5.41, 5.74) is -4.91. The van der Waals surface area contributed by atoms with Crippen LogP contribution in [0.25, 0.3) is 0 Å². The van der Waals surface area contributed by atoms with E-state index in [9.17, 15) is 117 Å². The van der Waals surface area contributed by atoms with Crippen LogP contribution in [0.15, 0.2) is 11.6 Å². The third-order valence-electron chi connectivity index (χ3n) is 28.2. The second kappa shape index (κ2) is 33.6. The number of carboxylic acids is 1. The third kappa shape index (κ3) is 15.4. The topological polar surface area (TPSA) is 624 Å². The molecule has 0 aromatic rings. The molecule has 5 aliphatic carbocycles. The molecule has 8 saturated heterocycles. The van der Waals surface area contributed by atoms with Gasteiger partial charge in [-0.15, -0.1) is 0 Å². The van der Waals surface area contributed by atoms with Crippen LogP contribution < -0.4 is 0 Å². The van der Waals surface area contributed by atoms with Gasteiger partial charge in [0.1, 0.15) is 158 Å². The number of carbonyl (C=O) groups is 3. The highest BCUT2D eigenvalue weighted by Gasteiger charge is 2.73. The summed E-state index contributed by atoms with van der Waals surface area (Å²) in [5.74, 6) is -4.11. The minimum absolute atomic E-state index is 0.0261. The molecule has 4 saturated carbocycles. The number of fused-ring (bicyclic) bond motifs is 7. The van der Waals surface area contributed by atoms with E-state index >= 15 is 4.79 Å². The minimum atomic E-state index is -2.23. The summed E-state index contributed by atoms with van der Waals surface area (Å²) in [4.78, 5) is 43.1. The van der Waals surface area contributed by atoms with E-state index in [0.717, 1.165) is 11.9 Å². The SMILES string of the molecule is C[C@@H]1O[C@@H](O[C@H]2[C@H](OC(=O)[C@]34CCC(C)(C)C[C@H]3C3=CC[C@@H]5[C@@]6(C)CC[C@H](O[C@@H]7O[C@H](C(=O)O)[C@@H](O)[C@H](O[C@@H]8OC[C@@H](O)[C@H](O)[C@H]8O)[C@H]7O[C@@H]7O[C@H](CO)[C@H](O)[C@H](O)[C@H]7O)[C@@](C)(C=O)[C@@H]6CC[C@@]5(C)[C@]3(C)C[C@H]4O)O[C@H](C)[C@H](O)[C@@H]2O)[C@H](O)[C@H](O)[C@H]1O[C@@H]1OC[C@@H](O)[C@H](O[C@@H]2CO[C@H](O[C@@H]3OC[C@H](O)[C@H](O)[C@H]3O)[C@H](O)[C@H]2O)[C@H]1O. The number of allylic oxidation sites excluding steroid dienone is 2. The van der Waals surface area contributed by atoms with Gasteiger partial charge in [-0.3, -0.25) is 4.79 Å². The van der Waals surface area contributed by atoms with Crippen molar-refractivity contribution < 1.29 is 197 Å². The van der Waals surface area contributed by atoms with Crippen LogP contribution in [0.3, 0.4) is 0 Å². The van der Waals surface area contributed by atoms with Gasteiger partial charge in [0, 0.05) is 0 Å². The Kier molecular flexibility index (Phi) is 26.2. The van der Waals surface area contributed by atoms with Crippen molar-refractivity contribution in [2.24, 2.45) is 50.2 Å². The van der Waals surface area contributed by atoms with Gasteiger partial charge in [0.25, 0.3) is 0 Å². The maximum atomic E-state index is 15.8. The zero-order chi connectivity index (χ0) is 83.0. The van der Waals surface area contributed by atoms with Crippen LogP contribution in [-0.4, -0.2) is 392 Å². The number of carboxylic acid groups (broad SMARTS) is 1. The van der Waals surface area contributed by atoms with Crippen LogP contribution in [0.1, 0.15) is 113 Å². The molecule has 12 fully saturated rings. The van der Waals surface area contributed by atoms with E-state index in [2.05, 4.69) is 40.7 Å². The van der Waals surface area contributed by atoms with E-state index in [-0.39, 0.29) is 25.2 Å². The zero-order valence-electron chi connectivity index (χ0n) is 64.4. The molecular formula is C74H116O40. The van der Waals surface area contributed by atoms with E-state index in [1.807, 2.05) is 0 Å². The van der Waals surface area contributed by atoms with E-state index < -0.39 is 323 Å². The molecule has 40 heteroatoms. The second-order valence-corrected chi connectivity index (χ2v) is 35.5. The molecule has 46 atom stereocenters. The molecule has 0 amide bonds. The average Bonchev–Trinajstić information content (AvgIpc) is 0.669. The minimum Gasteiger partial charge on any atom is -0.479 e. The lowest BCUT2D eigenvalue weighted by Gasteiger charge is -2.71. The van der Waals surface area contributed by atoms with Crippen molar-refractivity contribution in [2.75, 3.05) is 33.0 Å². The summed E-state index contributed by atoms with van der Waals surface area (Å²) in [6.45, 7) is 11.9. The molecular weight excluding hydrogens is 1530 g/mol. The molecule has 0 radical (unpaired) electrons. The van der Waals surface area contributed by atoms with Crippen molar-refractivity contribution in [1.29, 1.82) is 0 Å². The first kappa shape index (κ1) is 88.7. The highest BCUT2D eigenvalue weighted by atomic mass is 16.8. The largest absolute Gasteiger partial charge is 0.479 e. The number of rotatable bonds is 19. The van der Waals surface area contributed by atoms with Gasteiger partial charge in [-0.25, -0.2) is 4.79 Å². The predicted octanol–water partition coefficient (Wildman–Crippen LogP) is -7.88. The number of ether oxygens (including phenoxy) is 16. The van der Waals surface area contributed by atoms with Gasteiger partial charge in [0.2, 0.25) is 6.29 Å². The zero-order valence-corrected chi connectivity index (χ0v) is 64.4. The van der Waals surface area contributed by atoms with E-state index in [1.165, 1.54) is 13.8 Å². The Morgan fingerprint density at radius 2 is 1.01 bits per heavy atom. The van der Waals surface area contributed by atoms with E-state index in [0.29, 0.717) is 38.5 Å². The molecule has 13 aliphatic rings. The average molecular weight is 1650 g/mol. The Morgan fingerprint density at radius 1 is 0.465 bits per heavy atom. The number of aliphatic hydroxyl groups is 20. The highest BCUT2D eigenvalue weighted by Crippen LogP contribution is 2.76. The van der Waals surface area contributed by atoms with Gasteiger partial charge in [-0.05, 0) is 111 Å². The van der Waals surface area contributed by atoms with Crippen molar-refractivity contribution in [3.63, 3.8) is 0 Å². The first-order chi connectivity index (χ1) is 53.5. The number of carbonyl (C=O) groups excluding carboxylic acids is 2. The molecule has 0 aromatic carbocycles. The fraction of sp³-hybridized carbons (Fsp3) is 0.932.